The number of rotatable bonds is 1. The van der Waals surface area contributed by atoms with Gasteiger partial charge in [-0.15, -0.1) is 0 Å². The van der Waals surface area contributed by atoms with E-state index in [1.165, 1.54) is 4.90 Å². The second-order valence-electron chi connectivity index (χ2n) is 3.01. The first kappa shape index (κ1) is 8.10. The predicted molar refractivity (Wildman–Crippen MR) is 41.5 cm³/mol. The van der Waals surface area contributed by atoms with E-state index in [1.54, 1.807) is 13.0 Å². The summed E-state index contributed by atoms with van der Waals surface area (Å²) >= 11 is 0. The van der Waals surface area contributed by atoms with Gasteiger partial charge in [0.15, 0.2) is 12.3 Å². The predicted octanol–water partition coefficient (Wildman–Crippen LogP) is -0.0680. The van der Waals surface area contributed by atoms with Crippen LogP contribution in [0, 0.1) is 0 Å². The smallest absolute Gasteiger partial charge is 0.334 e. The fourth-order valence-corrected chi connectivity index (χ4v) is 1.64. The minimum Gasteiger partial charge on any atom is -0.479 e. The molecule has 1 amide bonds. The van der Waals surface area contributed by atoms with Crippen LogP contribution in [0.2, 0.25) is 0 Å². The molecule has 5 heteroatoms. The second kappa shape index (κ2) is 2.48. The lowest BCUT2D eigenvalue weighted by molar-refractivity contribution is -0.163. The van der Waals surface area contributed by atoms with E-state index in [1.807, 2.05) is 0 Å². The number of carbonyl (C=O) groups excluding carboxylic acids is 1. The number of nitrogens with zero attached hydrogens (tertiary/aromatic N) is 1. The third-order valence-corrected chi connectivity index (χ3v) is 2.29. The van der Waals surface area contributed by atoms with Crippen LogP contribution in [0.25, 0.3) is 0 Å². The third-order valence-electron chi connectivity index (χ3n) is 2.29. The molecule has 0 radical (unpaired) electrons. The van der Waals surface area contributed by atoms with Gasteiger partial charge >= 0.3 is 5.97 Å². The molecule has 0 aromatic rings. The van der Waals surface area contributed by atoms with Gasteiger partial charge in [-0.25, -0.2) is 4.79 Å². The summed E-state index contributed by atoms with van der Waals surface area (Å²) < 4.78 is 5.24. The van der Waals surface area contributed by atoms with Crippen molar-refractivity contribution in [3.63, 3.8) is 0 Å². The highest BCUT2D eigenvalue weighted by Gasteiger charge is 2.53. The van der Waals surface area contributed by atoms with Crippen molar-refractivity contribution in [1.82, 2.24) is 4.90 Å². The molecule has 2 atom stereocenters. The molecule has 2 aliphatic heterocycles. The van der Waals surface area contributed by atoms with Crippen molar-refractivity contribution >= 4 is 11.9 Å². The summed E-state index contributed by atoms with van der Waals surface area (Å²) in [4.78, 5) is 23.1. The number of allylic oxidation sites excluding steroid dienone is 1. The first-order valence-electron chi connectivity index (χ1n) is 4.02. The summed E-state index contributed by atoms with van der Waals surface area (Å²) in [7, 11) is 0. The largest absolute Gasteiger partial charge is 0.479 e. The Hall–Kier alpha value is -1.52. The monoisotopic (exact) mass is 183 g/mol. The maximum Gasteiger partial charge on any atom is 0.334 e. The molecule has 2 aliphatic rings. The van der Waals surface area contributed by atoms with Crippen LogP contribution in [0.3, 0.4) is 0 Å². The van der Waals surface area contributed by atoms with Crippen LogP contribution in [0.15, 0.2) is 11.8 Å². The average Bonchev–Trinajstić information content (AvgIpc) is 2.37. The summed E-state index contributed by atoms with van der Waals surface area (Å²) in [5.41, 5.74) is 0. The molecule has 0 bridgehead atoms. The molecular formula is C8H9NO4. The highest BCUT2D eigenvalue weighted by molar-refractivity contribution is 5.91. The normalized spacial score (nSPS) is 34.1. The molecule has 2 heterocycles. The van der Waals surface area contributed by atoms with E-state index in [2.05, 4.69) is 0 Å². The van der Waals surface area contributed by atoms with Gasteiger partial charge in [0.2, 0.25) is 5.91 Å². The first-order chi connectivity index (χ1) is 6.15. The maximum atomic E-state index is 11.0. The van der Waals surface area contributed by atoms with Crippen LogP contribution >= 0.6 is 0 Å². The Labute approximate surface area is 74.6 Å². The number of hydrogen-bond acceptors (Lipinski definition) is 3. The van der Waals surface area contributed by atoms with Crippen LogP contribution < -0.4 is 0 Å². The molecule has 0 aromatic heterocycles. The van der Waals surface area contributed by atoms with Crippen molar-refractivity contribution in [1.29, 1.82) is 0 Å². The van der Waals surface area contributed by atoms with E-state index >= 15 is 0 Å². The van der Waals surface area contributed by atoms with Crippen molar-refractivity contribution in [3.8, 4) is 0 Å². The lowest BCUT2D eigenvalue weighted by Gasteiger charge is -2.33. The van der Waals surface area contributed by atoms with Gasteiger partial charge in [0, 0.05) is 0 Å². The van der Waals surface area contributed by atoms with Crippen LogP contribution in [0.5, 0.6) is 0 Å². The van der Waals surface area contributed by atoms with Gasteiger partial charge in [0.25, 0.3) is 0 Å². The van der Waals surface area contributed by atoms with Crippen LogP contribution in [0.4, 0.5) is 0 Å². The van der Waals surface area contributed by atoms with E-state index in [0.29, 0.717) is 12.2 Å². The topological polar surface area (TPSA) is 66.8 Å². The van der Waals surface area contributed by atoms with Gasteiger partial charge < -0.3 is 9.84 Å². The molecule has 0 saturated carbocycles. The number of β-lactam (4-membered cyclic amide) rings is 1. The summed E-state index contributed by atoms with van der Waals surface area (Å²) in [5, 5.41) is 8.84. The molecule has 70 valence electrons. The van der Waals surface area contributed by atoms with Crippen LogP contribution in [-0.2, 0) is 14.3 Å². The van der Waals surface area contributed by atoms with Crippen molar-refractivity contribution < 1.29 is 19.4 Å². The average molecular weight is 183 g/mol. The zero-order chi connectivity index (χ0) is 9.59. The summed E-state index contributed by atoms with van der Waals surface area (Å²) in [6.45, 7) is 1.70. The Bertz CT molecular complexity index is 309. The van der Waals surface area contributed by atoms with Crippen molar-refractivity contribution in [3.05, 3.63) is 11.8 Å². The molecule has 2 fully saturated rings. The Balaban J connectivity index is 2.30. The SMILES string of the molecule is C/C=C1\O[C@@H]2CC(=O)N2C1C(=O)O. The van der Waals surface area contributed by atoms with Gasteiger partial charge in [0.05, 0.1) is 6.42 Å². The Morgan fingerprint density at radius 3 is 2.92 bits per heavy atom. The highest BCUT2D eigenvalue weighted by Crippen LogP contribution is 2.36. The Morgan fingerprint density at radius 2 is 2.46 bits per heavy atom. The molecule has 1 N–H and O–H groups in total. The van der Waals surface area contributed by atoms with E-state index in [4.69, 9.17) is 9.84 Å². The summed E-state index contributed by atoms with van der Waals surface area (Å²) in [5.74, 6) is -0.832. The number of carboxylic acids is 1. The molecule has 0 spiro atoms. The van der Waals surface area contributed by atoms with Crippen molar-refractivity contribution in [2.45, 2.75) is 25.6 Å². The second-order valence-corrected chi connectivity index (χ2v) is 3.01. The van der Waals surface area contributed by atoms with Crippen molar-refractivity contribution in [2.24, 2.45) is 0 Å². The number of amides is 1. The minimum atomic E-state index is -1.04. The number of hydrogen-bond donors (Lipinski definition) is 1. The minimum absolute atomic E-state index is 0.158. The lowest BCUT2D eigenvalue weighted by atomic mass is 10.1. The van der Waals surface area contributed by atoms with Gasteiger partial charge in [-0.2, -0.15) is 0 Å². The lowest BCUT2D eigenvalue weighted by Crippen LogP contribution is -2.54. The zero-order valence-electron chi connectivity index (χ0n) is 7.06. The standard InChI is InChI=1S/C8H9NO4/c1-2-4-7(8(11)12)9-5(10)3-6(9)13-4/h2,6-7H,3H2,1H3,(H,11,12)/b4-2-/t6-,7?/m1/s1. The van der Waals surface area contributed by atoms with Gasteiger partial charge in [-0.05, 0) is 13.0 Å². The Kier molecular flexibility index (Phi) is 1.55. The van der Waals surface area contributed by atoms with E-state index in [-0.39, 0.29) is 12.1 Å². The fraction of sp³-hybridized carbons (Fsp3) is 0.500. The molecule has 5 nitrogen and oxygen atoms in total. The maximum absolute atomic E-state index is 11.0. The molecule has 13 heavy (non-hydrogen) atoms. The van der Waals surface area contributed by atoms with E-state index < -0.39 is 12.0 Å². The molecular weight excluding hydrogens is 174 g/mol. The zero-order valence-corrected chi connectivity index (χ0v) is 7.06. The van der Waals surface area contributed by atoms with Gasteiger partial charge in [0.1, 0.15) is 5.76 Å². The molecule has 2 rings (SSSR count). The molecule has 0 aromatic carbocycles. The van der Waals surface area contributed by atoms with E-state index in [0.717, 1.165) is 0 Å². The van der Waals surface area contributed by atoms with Crippen LogP contribution in [-0.4, -0.2) is 34.2 Å². The number of carbonyl (C=O) groups is 2. The Morgan fingerprint density at radius 1 is 1.77 bits per heavy atom. The van der Waals surface area contributed by atoms with E-state index in [9.17, 15) is 9.59 Å². The van der Waals surface area contributed by atoms with Crippen molar-refractivity contribution in [2.75, 3.05) is 0 Å². The number of fused-ring (bicyclic) bond motifs is 1. The molecule has 0 aliphatic carbocycles. The molecule has 2 saturated heterocycles. The summed E-state index contributed by atoms with van der Waals surface area (Å²) in [6.07, 6.45) is 1.53. The highest BCUT2D eigenvalue weighted by atomic mass is 16.5. The fourth-order valence-electron chi connectivity index (χ4n) is 1.64. The van der Waals surface area contributed by atoms with Gasteiger partial charge in [-0.3, -0.25) is 9.69 Å². The molecule has 1 unspecified atom stereocenters. The third kappa shape index (κ3) is 0.929. The summed E-state index contributed by atoms with van der Waals surface area (Å²) in [6, 6.07) is -0.906. The first-order valence-corrected chi connectivity index (χ1v) is 4.02. The van der Waals surface area contributed by atoms with Crippen LogP contribution in [0.1, 0.15) is 13.3 Å². The number of aliphatic carboxylic acids is 1. The number of carboxylic acid groups (broad SMARTS) is 1. The quantitative estimate of drug-likeness (QED) is 0.578. The number of ether oxygens (including phenoxy) is 1. The van der Waals surface area contributed by atoms with Gasteiger partial charge in [-0.1, -0.05) is 0 Å².